The topological polar surface area (TPSA) is 49.3 Å². The van der Waals surface area contributed by atoms with Crippen LogP contribution in [0.5, 0.6) is 0 Å². The summed E-state index contributed by atoms with van der Waals surface area (Å²) < 4.78 is 0. The van der Waals surface area contributed by atoms with Crippen LogP contribution >= 0.6 is 11.3 Å². The minimum absolute atomic E-state index is 0.0777. The van der Waals surface area contributed by atoms with E-state index >= 15 is 0 Å². The number of hydrogen-bond donors (Lipinski definition) is 0. The molecule has 1 aromatic heterocycles. The molecule has 1 amide bonds. The molecule has 0 radical (unpaired) electrons. The lowest BCUT2D eigenvalue weighted by Gasteiger charge is -2.36. The van der Waals surface area contributed by atoms with Gasteiger partial charge in [-0.05, 0) is 18.4 Å². The first-order valence-corrected chi connectivity index (χ1v) is 9.86. The van der Waals surface area contributed by atoms with Crippen molar-refractivity contribution in [3.05, 3.63) is 40.9 Å². The van der Waals surface area contributed by atoms with E-state index in [2.05, 4.69) is 46.0 Å². The Hall–Kier alpha value is -1.95. The van der Waals surface area contributed by atoms with E-state index in [0.717, 1.165) is 36.1 Å². The van der Waals surface area contributed by atoms with Crippen LogP contribution in [-0.4, -0.2) is 40.1 Å². The molecule has 2 atom stereocenters. The van der Waals surface area contributed by atoms with Crippen LogP contribution in [0.4, 0.5) is 5.13 Å². The summed E-state index contributed by atoms with van der Waals surface area (Å²) in [5.74, 6) is 0.774. The van der Waals surface area contributed by atoms with E-state index in [1.165, 1.54) is 5.56 Å². The van der Waals surface area contributed by atoms with Gasteiger partial charge in [-0.2, -0.15) is 0 Å². The van der Waals surface area contributed by atoms with Gasteiger partial charge in [-0.25, -0.2) is 0 Å². The second kappa shape index (κ2) is 6.75. The van der Waals surface area contributed by atoms with E-state index in [0.29, 0.717) is 18.4 Å². The smallest absolute Gasteiger partial charge is 0.228 e. The van der Waals surface area contributed by atoms with Gasteiger partial charge < -0.3 is 9.80 Å². The van der Waals surface area contributed by atoms with E-state index in [-0.39, 0.29) is 12.0 Å². The van der Waals surface area contributed by atoms with Gasteiger partial charge in [0.15, 0.2) is 0 Å². The van der Waals surface area contributed by atoms with E-state index in [1.54, 1.807) is 11.3 Å². The second-order valence-corrected chi connectivity index (χ2v) is 8.35. The number of piperidine rings is 1. The predicted octanol–water partition coefficient (Wildman–Crippen LogP) is 3.29. The molecule has 25 heavy (non-hydrogen) atoms. The number of anilines is 1. The van der Waals surface area contributed by atoms with Gasteiger partial charge in [0.25, 0.3) is 0 Å². The van der Waals surface area contributed by atoms with Gasteiger partial charge in [-0.1, -0.05) is 55.5 Å². The highest BCUT2D eigenvalue weighted by Crippen LogP contribution is 2.34. The fourth-order valence-electron chi connectivity index (χ4n) is 3.77. The van der Waals surface area contributed by atoms with E-state index in [1.807, 2.05) is 18.2 Å². The third kappa shape index (κ3) is 3.27. The summed E-state index contributed by atoms with van der Waals surface area (Å²) in [5, 5.41) is 10.8. The molecule has 3 aliphatic rings. The van der Waals surface area contributed by atoms with Crippen LogP contribution in [0.15, 0.2) is 30.3 Å². The van der Waals surface area contributed by atoms with Gasteiger partial charge in [0, 0.05) is 31.6 Å². The lowest BCUT2D eigenvalue weighted by Crippen LogP contribution is -2.47. The number of carbonyl (C=O) groups excluding carboxylic acids is 1. The number of amides is 1. The van der Waals surface area contributed by atoms with Crippen molar-refractivity contribution in [3.8, 4) is 0 Å². The zero-order chi connectivity index (χ0) is 17.4. The van der Waals surface area contributed by atoms with Crippen molar-refractivity contribution in [1.29, 1.82) is 0 Å². The van der Waals surface area contributed by atoms with Gasteiger partial charge in [0.1, 0.15) is 5.01 Å². The fourth-order valence-corrected chi connectivity index (χ4v) is 4.64. The number of nitrogens with zero attached hydrogens (tertiary/aromatic N) is 4. The first kappa shape index (κ1) is 16.5. The van der Waals surface area contributed by atoms with Gasteiger partial charge in [-0.15, -0.1) is 10.2 Å². The molecule has 0 spiro atoms. The molecular weight excluding hydrogens is 332 g/mol. The Morgan fingerprint density at radius 2 is 1.96 bits per heavy atom. The summed E-state index contributed by atoms with van der Waals surface area (Å²) in [6.07, 6.45) is 2.07. The third-order valence-corrected chi connectivity index (χ3v) is 6.47. The standard InChI is InChI=1S/C19H24N4OS/c1-13(2)17-20-21-19(25-17)22-11-15-8-9-16(12-22)23(18(15)24)10-14-6-4-3-5-7-14/h3-7,13,15-16H,8-12H2,1-2H3/t15-,16+/m0/s1. The summed E-state index contributed by atoms with van der Waals surface area (Å²) >= 11 is 1.67. The molecule has 3 saturated heterocycles. The monoisotopic (exact) mass is 356 g/mol. The SMILES string of the molecule is CC(C)c1nnc(N2C[C@@H]3CC[C@H](C2)N(Cc2ccccc2)C3=O)s1. The number of benzene rings is 1. The van der Waals surface area contributed by atoms with E-state index in [9.17, 15) is 4.79 Å². The van der Waals surface area contributed by atoms with Crippen molar-refractivity contribution in [1.82, 2.24) is 15.1 Å². The molecule has 0 aliphatic carbocycles. The Morgan fingerprint density at radius 3 is 2.68 bits per heavy atom. The molecule has 132 valence electrons. The van der Waals surface area contributed by atoms with Crippen LogP contribution in [0.25, 0.3) is 0 Å². The van der Waals surface area contributed by atoms with Crippen LogP contribution < -0.4 is 4.90 Å². The van der Waals surface area contributed by atoms with Crippen LogP contribution in [0.3, 0.4) is 0 Å². The number of fused-ring (bicyclic) bond motifs is 4. The Kier molecular flexibility index (Phi) is 4.46. The molecule has 3 fully saturated rings. The first-order valence-electron chi connectivity index (χ1n) is 9.04. The minimum Gasteiger partial charge on any atom is -0.344 e. The number of carbonyl (C=O) groups is 1. The van der Waals surface area contributed by atoms with Crippen molar-refractivity contribution in [3.63, 3.8) is 0 Å². The molecule has 6 heteroatoms. The highest BCUT2D eigenvalue weighted by Gasteiger charge is 2.41. The molecule has 3 aliphatic heterocycles. The maximum atomic E-state index is 13.0. The molecule has 2 aromatic rings. The molecule has 4 heterocycles. The van der Waals surface area contributed by atoms with Crippen molar-refractivity contribution in [2.75, 3.05) is 18.0 Å². The normalized spacial score (nSPS) is 23.4. The minimum atomic E-state index is 0.0777. The maximum absolute atomic E-state index is 13.0. The lowest BCUT2D eigenvalue weighted by atomic mass is 9.93. The van der Waals surface area contributed by atoms with Crippen LogP contribution in [0.1, 0.15) is 43.2 Å². The van der Waals surface area contributed by atoms with Gasteiger partial charge in [-0.3, -0.25) is 4.79 Å². The average molecular weight is 356 g/mol. The Balaban J connectivity index is 1.55. The molecule has 1 aromatic carbocycles. The number of rotatable bonds is 4. The molecule has 0 N–H and O–H groups in total. The van der Waals surface area contributed by atoms with Gasteiger partial charge in [0.05, 0.1) is 5.92 Å². The van der Waals surface area contributed by atoms with Crippen molar-refractivity contribution < 1.29 is 4.79 Å². The lowest BCUT2D eigenvalue weighted by molar-refractivity contribution is -0.140. The molecule has 0 unspecified atom stereocenters. The zero-order valence-corrected chi connectivity index (χ0v) is 15.6. The van der Waals surface area contributed by atoms with Crippen LogP contribution in [0.2, 0.25) is 0 Å². The van der Waals surface area contributed by atoms with Crippen LogP contribution in [-0.2, 0) is 11.3 Å². The van der Waals surface area contributed by atoms with Crippen LogP contribution in [0, 0.1) is 5.92 Å². The first-order chi connectivity index (χ1) is 12.1. The summed E-state index contributed by atoms with van der Waals surface area (Å²) in [6, 6.07) is 10.6. The Morgan fingerprint density at radius 1 is 1.16 bits per heavy atom. The predicted molar refractivity (Wildman–Crippen MR) is 99.7 cm³/mol. The fraction of sp³-hybridized carbons (Fsp3) is 0.526. The van der Waals surface area contributed by atoms with Crippen molar-refractivity contribution in [2.24, 2.45) is 5.92 Å². The third-order valence-electron chi connectivity index (χ3n) is 5.18. The second-order valence-electron chi connectivity index (χ2n) is 7.36. The largest absolute Gasteiger partial charge is 0.344 e. The van der Waals surface area contributed by atoms with Gasteiger partial charge in [0.2, 0.25) is 11.0 Å². The van der Waals surface area contributed by atoms with Crippen molar-refractivity contribution >= 4 is 22.4 Å². The highest BCUT2D eigenvalue weighted by molar-refractivity contribution is 7.15. The summed E-state index contributed by atoms with van der Waals surface area (Å²) in [5.41, 5.74) is 1.20. The molecule has 0 saturated carbocycles. The summed E-state index contributed by atoms with van der Waals surface area (Å²) in [6.45, 7) is 6.63. The van der Waals surface area contributed by atoms with Crippen molar-refractivity contribution in [2.45, 2.75) is 45.2 Å². The molecule has 5 nitrogen and oxygen atoms in total. The molecule has 2 bridgehead atoms. The Labute approximate surface area is 152 Å². The zero-order valence-electron chi connectivity index (χ0n) is 14.8. The average Bonchev–Trinajstić information content (AvgIpc) is 2.96. The number of hydrogen-bond acceptors (Lipinski definition) is 5. The van der Waals surface area contributed by atoms with E-state index in [4.69, 9.17) is 0 Å². The maximum Gasteiger partial charge on any atom is 0.228 e. The quantitative estimate of drug-likeness (QED) is 0.843. The highest BCUT2D eigenvalue weighted by atomic mass is 32.1. The number of aromatic nitrogens is 2. The van der Waals surface area contributed by atoms with Gasteiger partial charge >= 0.3 is 0 Å². The Bertz CT molecular complexity index is 745. The van der Waals surface area contributed by atoms with E-state index < -0.39 is 0 Å². The molecule has 5 rings (SSSR count). The summed E-state index contributed by atoms with van der Waals surface area (Å²) in [7, 11) is 0. The summed E-state index contributed by atoms with van der Waals surface area (Å²) in [4.78, 5) is 17.3. The molecular formula is C19H24N4OS.